The van der Waals surface area contributed by atoms with Gasteiger partial charge in [-0.1, -0.05) is 210 Å². The lowest BCUT2D eigenvalue weighted by Crippen LogP contribution is -2.53. The first-order chi connectivity index (χ1) is 29.0. The molecule has 1 amide bonds. The highest BCUT2D eigenvalue weighted by molar-refractivity contribution is 5.80. The molecule has 0 bridgehead atoms. The first-order valence-electron chi connectivity index (χ1n) is 25.5. The van der Waals surface area contributed by atoms with Crippen molar-refractivity contribution in [2.75, 3.05) is 6.61 Å². The van der Waals surface area contributed by atoms with Gasteiger partial charge in [0.15, 0.2) is 0 Å². The lowest BCUT2D eigenvalue weighted by Gasteiger charge is -2.27. The van der Waals surface area contributed by atoms with E-state index in [1.54, 1.807) is 0 Å². The van der Waals surface area contributed by atoms with Crippen molar-refractivity contribution in [3.05, 3.63) is 48.6 Å². The fourth-order valence-electron chi connectivity index (χ4n) is 7.67. The minimum atomic E-state index is -1.30. The van der Waals surface area contributed by atoms with Gasteiger partial charge in [-0.3, -0.25) is 4.79 Å². The van der Waals surface area contributed by atoms with Crippen LogP contribution in [0, 0.1) is 0 Å². The summed E-state index contributed by atoms with van der Waals surface area (Å²) in [5.74, 6) is -0.611. The molecule has 4 unspecified atom stereocenters. The highest BCUT2D eigenvalue weighted by atomic mass is 16.3. The van der Waals surface area contributed by atoms with Crippen LogP contribution in [0.3, 0.4) is 0 Å². The average Bonchev–Trinajstić information content (AvgIpc) is 3.24. The molecule has 0 saturated carbocycles. The van der Waals surface area contributed by atoms with Crippen molar-refractivity contribution in [1.29, 1.82) is 0 Å². The highest BCUT2D eigenvalue weighted by Crippen LogP contribution is 2.16. The van der Waals surface area contributed by atoms with Gasteiger partial charge in [0.1, 0.15) is 12.2 Å². The first-order valence-corrected chi connectivity index (χ1v) is 25.5. The molecule has 0 fully saturated rings. The monoisotopic (exact) mass is 830 g/mol. The van der Waals surface area contributed by atoms with E-state index in [-0.39, 0.29) is 0 Å². The fraction of sp³-hybridized carbons (Fsp3) is 0.830. The van der Waals surface area contributed by atoms with E-state index < -0.39 is 36.9 Å². The van der Waals surface area contributed by atoms with Gasteiger partial charge in [0.05, 0.1) is 18.8 Å². The van der Waals surface area contributed by atoms with Crippen LogP contribution in [0.4, 0.5) is 0 Å². The fourth-order valence-corrected chi connectivity index (χ4v) is 7.67. The van der Waals surface area contributed by atoms with Crippen LogP contribution in [0.1, 0.15) is 251 Å². The lowest BCUT2D eigenvalue weighted by molar-refractivity contribution is -0.132. The Balaban J connectivity index is 3.68. The molecular formula is C53H99NO5. The summed E-state index contributed by atoms with van der Waals surface area (Å²) >= 11 is 0. The number of unbranched alkanes of at least 4 members (excludes halogenated alkanes) is 29. The van der Waals surface area contributed by atoms with E-state index in [0.717, 1.165) is 70.6 Å². The van der Waals surface area contributed by atoms with Crippen LogP contribution in [-0.4, -0.2) is 57.3 Å². The minimum absolute atomic E-state index is 0.342. The summed E-state index contributed by atoms with van der Waals surface area (Å²) in [7, 11) is 0. The zero-order chi connectivity index (χ0) is 43.1. The van der Waals surface area contributed by atoms with E-state index in [2.05, 4.69) is 67.8 Å². The van der Waals surface area contributed by atoms with Crippen LogP contribution in [0.25, 0.3) is 0 Å². The van der Waals surface area contributed by atoms with Gasteiger partial charge in [0.25, 0.3) is 0 Å². The minimum Gasteiger partial charge on any atom is -0.394 e. The maximum Gasteiger partial charge on any atom is 0.249 e. The molecule has 0 saturated heterocycles. The quantitative estimate of drug-likeness (QED) is 0.0310. The summed E-state index contributed by atoms with van der Waals surface area (Å²) in [6, 6.07) is -1.02. The third kappa shape index (κ3) is 41.4. The summed E-state index contributed by atoms with van der Waals surface area (Å²) in [5.41, 5.74) is 0. The summed E-state index contributed by atoms with van der Waals surface area (Å²) in [5, 5.41) is 43.6. The molecule has 0 spiro atoms. The van der Waals surface area contributed by atoms with Crippen LogP contribution < -0.4 is 5.32 Å². The SMILES string of the molecule is CCCCC/C=C\CCCCCCC(O)C(=O)NC(CO)C(O)C(O)CCC/C=C/CC/C=C/CC/C=C/CCCCCCCCCCCCCCCCCCCCC. The molecule has 59 heavy (non-hydrogen) atoms. The van der Waals surface area contributed by atoms with Crippen molar-refractivity contribution >= 4 is 5.91 Å². The Morgan fingerprint density at radius 1 is 0.407 bits per heavy atom. The standard InChI is InChI=1S/C53H99NO5/c1-3-5-7-9-11-13-15-16-17-18-19-20-21-22-23-24-25-26-27-28-29-30-31-32-33-34-35-37-38-40-42-44-46-50(56)52(58)49(48-55)54-53(59)51(57)47-45-43-41-39-36-14-12-10-8-6-4-2/h12,14,29-30,33-34,38,40,49-52,55-58H,3-11,13,15-28,31-32,35-37,39,41-48H2,1-2H3,(H,54,59)/b14-12-,30-29+,34-33+,40-38+. The predicted molar refractivity (Wildman–Crippen MR) is 256 cm³/mol. The molecular weight excluding hydrogens is 731 g/mol. The van der Waals surface area contributed by atoms with Crippen molar-refractivity contribution in [1.82, 2.24) is 5.32 Å². The van der Waals surface area contributed by atoms with Crippen molar-refractivity contribution in [2.45, 2.75) is 276 Å². The zero-order valence-corrected chi connectivity index (χ0v) is 39.0. The van der Waals surface area contributed by atoms with E-state index in [1.165, 1.54) is 148 Å². The molecule has 0 aliphatic heterocycles. The Labute approximate surface area is 366 Å². The lowest BCUT2D eigenvalue weighted by atomic mass is 10.00. The second-order valence-corrected chi connectivity index (χ2v) is 17.5. The van der Waals surface area contributed by atoms with Gasteiger partial charge >= 0.3 is 0 Å². The number of rotatable bonds is 46. The summed E-state index contributed by atoms with van der Waals surface area (Å²) < 4.78 is 0. The zero-order valence-electron chi connectivity index (χ0n) is 39.0. The molecule has 0 heterocycles. The van der Waals surface area contributed by atoms with Crippen molar-refractivity contribution < 1.29 is 25.2 Å². The van der Waals surface area contributed by atoms with Crippen molar-refractivity contribution in [3.8, 4) is 0 Å². The van der Waals surface area contributed by atoms with Crippen LogP contribution in [-0.2, 0) is 4.79 Å². The van der Waals surface area contributed by atoms with Gasteiger partial charge in [0, 0.05) is 0 Å². The van der Waals surface area contributed by atoms with Crippen LogP contribution in [0.5, 0.6) is 0 Å². The van der Waals surface area contributed by atoms with E-state index >= 15 is 0 Å². The van der Waals surface area contributed by atoms with Gasteiger partial charge in [-0.05, 0) is 89.9 Å². The van der Waals surface area contributed by atoms with Crippen LogP contribution in [0.2, 0.25) is 0 Å². The number of nitrogens with one attached hydrogen (secondary N) is 1. The van der Waals surface area contributed by atoms with Crippen molar-refractivity contribution in [2.24, 2.45) is 0 Å². The van der Waals surface area contributed by atoms with Crippen LogP contribution >= 0.6 is 0 Å². The Morgan fingerprint density at radius 3 is 1.10 bits per heavy atom. The molecule has 346 valence electrons. The Kier molecular flexibility index (Phi) is 45.9. The molecule has 0 aromatic heterocycles. The molecule has 0 aromatic rings. The topological polar surface area (TPSA) is 110 Å². The number of aliphatic hydroxyl groups is 4. The molecule has 0 aliphatic rings. The maximum atomic E-state index is 12.5. The Bertz CT molecular complexity index is 977. The van der Waals surface area contributed by atoms with E-state index in [1.807, 2.05) is 0 Å². The Hall–Kier alpha value is -1.73. The number of aliphatic hydroxyl groups excluding tert-OH is 4. The molecule has 0 rings (SSSR count). The molecule has 0 aromatic carbocycles. The summed E-state index contributed by atoms with van der Waals surface area (Å²) in [6.07, 6.45) is 59.0. The number of hydrogen-bond donors (Lipinski definition) is 5. The van der Waals surface area contributed by atoms with Gasteiger partial charge in [-0.25, -0.2) is 0 Å². The van der Waals surface area contributed by atoms with Gasteiger partial charge in [0.2, 0.25) is 5.91 Å². The largest absolute Gasteiger partial charge is 0.394 e. The second kappa shape index (κ2) is 47.3. The maximum absolute atomic E-state index is 12.5. The van der Waals surface area contributed by atoms with E-state index in [9.17, 15) is 25.2 Å². The molecule has 0 radical (unpaired) electrons. The predicted octanol–water partition coefficient (Wildman–Crippen LogP) is 14.2. The molecule has 5 N–H and O–H groups in total. The first kappa shape index (κ1) is 57.3. The van der Waals surface area contributed by atoms with Gasteiger partial charge in [-0.2, -0.15) is 0 Å². The highest BCUT2D eigenvalue weighted by Gasteiger charge is 2.28. The smallest absolute Gasteiger partial charge is 0.249 e. The molecule has 4 atom stereocenters. The average molecular weight is 830 g/mol. The van der Waals surface area contributed by atoms with Crippen molar-refractivity contribution in [3.63, 3.8) is 0 Å². The molecule has 6 nitrogen and oxygen atoms in total. The van der Waals surface area contributed by atoms with E-state index in [4.69, 9.17) is 0 Å². The van der Waals surface area contributed by atoms with Gasteiger partial charge < -0.3 is 25.7 Å². The van der Waals surface area contributed by atoms with Gasteiger partial charge in [-0.15, -0.1) is 0 Å². The molecule has 0 aliphatic carbocycles. The van der Waals surface area contributed by atoms with E-state index in [0.29, 0.717) is 19.3 Å². The number of amides is 1. The number of carbonyl (C=O) groups is 1. The molecule has 6 heteroatoms. The number of allylic oxidation sites excluding steroid dienone is 8. The summed E-state index contributed by atoms with van der Waals surface area (Å²) in [4.78, 5) is 12.5. The summed E-state index contributed by atoms with van der Waals surface area (Å²) in [6.45, 7) is 4.00. The number of carbonyl (C=O) groups excluding carboxylic acids is 1. The van der Waals surface area contributed by atoms with Crippen LogP contribution in [0.15, 0.2) is 48.6 Å². The number of hydrogen-bond acceptors (Lipinski definition) is 5. The normalized spacial score (nSPS) is 14.3. The Morgan fingerprint density at radius 2 is 0.712 bits per heavy atom. The second-order valence-electron chi connectivity index (χ2n) is 17.5. The third-order valence-electron chi connectivity index (χ3n) is 11.7. The third-order valence-corrected chi connectivity index (χ3v) is 11.7.